The number of rotatable bonds is 6. The molecule has 0 saturated heterocycles. The summed E-state index contributed by atoms with van der Waals surface area (Å²) in [5.41, 5.74) is 1.28. The predicted octanol–water partition coefficient (Wildman–Crippen LogP) is 2.68. The Morgan fingerprint density at radius 1 is 1.24 bits per heavy atom. The molecule has 1 heterocycles. The monoisotopic (exact) mass is 286 g/mol. The first-order valence-electron chi connectivity index (χ1n) is 7.33. The van der Waals surface area contributed by atoms with Gasteiger partial charge in [0.25, 0.3) is 5.91 Å². The summed E-state index contributed by atoms with van der Waals surface area (Å²) >= 11 is 0. The van der Waals surface area contributed by atoms with Crippen molar-refractivity contribution in [3.8, 4) is 0 Å². The third-order valence-corrected chi connectivity index (χ3v) is 3.34. The molecule has 1 aromatic heterocycles. The second kappa shape index (κ2) is 7.02. The van der Waals surface area contributed by atoms with Crippen molar-refractivity contribution in [3.63, 3.8) is 0 Å². The molecule has 0 aliphatic carbocycles. The Labute approximate surface area is 125 Å². The number of aryl methyl sites for hydroxylation is 1. The van der Waals surface area contributed by atoms with Gasteiger partial charge < -0.3 is 5.32 Å². The molecule has 21 heavy (non-hydrogen) atoms. The van der Waals surface area contributed by atoms with Gasteiger partial charge in [-0.05, 0) is 25.3 Å². The maximum absolute atomic E-state index is 12.0. The fourth-order valence-corrected chi connectivity index (χ4v) is 2.02. The molecule has 0 saturated carbocycles. The third-order valence-electron chi connectivity index (χ3n) is 3.34. The van der Waals surface area contributed by atoms with Crippen LogP contribution in [0.1, 0.15) is 55.1 Å². The second-order valence-electron chi connectivity index (χ2n) is 5.60. The molecule has 0 fully saturated rings. The highest BCUT2D eigenvalue weighted by Gasteiger charge is 2.15. The smallest absolute Gasteiger partial charge is 0.291 e. The number of nitrogens with one attached hydrogen (secondary N) is 2. The number of aromatic amines is 1. The van der Waals surface area contributed by atoms with Crippen LogP contribution in [0.3, 0.4) is 0 Å². The summed E-state index contributed by atoms with van der Waals surface area (Å²) in [4.78, 5) is 16.2. The van der Waals surface area contributed by atoms with Gasteiger partial charge in [-0.1, -0.05) is 44.2 Å². The molecule has 0 aliphatic rings. The number of hydrogen-bond acceptors (Lipinski definition) is 3. The van der Waals surface area contributed by atoms with Crippen LogP contribution >= 0.6 is 0 Å². The Balaban J connectivity index is 1.84. The summed E-state index contributed by atoms with van der Waals surface area (Å²) in [6, 6.07) is 10.3. The minimum Gasteiger partial charge on any atom is -0.347 e. The molecule has 2 N–H and O–H groups in total. The van der Waals surface area contributed by atoms with Gasteiger partial charge in [0, 0.05) is 12.0 Å². The van der Waals surface area contributed by atoms with E-state index in [1.54, 1.807) is 0 Å². The lowest BCUT2D eigenvalue weighted by Crippen LogP contribution is -2.33. The zero-order chi connectivity index (χ0) is 15.2. The van der Waals surface area contributed by atoms with E-state index >= 15 is 0 Å². The lowest BCUT2D eigenvalue weighted by atomic mass is 10.1. The van der Waals surface area contributed by atoms with Gasteiger partial charge in [-0.25, -0.2) is 4.98 Å². The van der Waals surface area contributed by atoms with Gasteiger partial charge in [-0.3, -0.25) is 9.89 Å². The van der Waals surface area contributed by atoms with Crippen molar-refractivity contribution in [2.24, 2.45) is 0 Å². The van der Waals surface area contributed by atoms with Gasteiger partial charge >= 0.3 is 0 Å². The zero-order valence-corrected chi connectivity index (χ0v) is 12.8. The zero-order valence-electron chi connectivity index (χ0n) is 12.8. The number of hydrogen-bond donors (Lipinski definition) is 2. The van der Waals surface area contributed by atoms with Crippen molar-refractivity contribution in [2.45, 2.75) is 45.6 Å². The van der Waals surface area contributed by atoms with Gasteiger partial charge in [0.1, 0.15) is 5.82 Å². The Bertz CT molecular complexity index is 577. The highest BCUT2D eigenvalue weighted by molar-refractivity contribution is 5.90. The second-order valence-corrected chi connectivity index (χ2v) is 5.60. The SMILES string of the molecule is CC(CCc1ccccc1)NC(=O)c1n[nH]c(C(C)C)n1. The van der Waals surface area contributed by atoms with E-state index in [-0.39, 0.29) is 23.7 Å². The van der Waals surface area contributed by atoms with Crippen molar-refractivity contribution in [1.29, 1.82) is 0 Å². The molecule has 2 rings (SSSR count). The maximum atomic E-state index is 12.0. The fraction of sp³-hybridized carbons (Fsp3) is 0.438. The summed E-state index contributed by atoms with van der Waals surface area (Å²) in [6.07, 6.45) is 1.82. The highest BCUT2D eigenvalue weighted by atomic mass is 16.2. The van der Waals surface area contributed by atoms with E-state index in [0.717, 1.165) is 18.7 Å². The lowest BCUT2D eigenvalue weighted by molar-refractivity contribution is 0.0928. The average molecular weight is 286 g/mol. The van der Waals surface area contributed by atoms with E-state index in [4.69, 9.17) is 0 Å². The Hall–Kier alpha value is -2.17. The molecule has 1 unspecified atom stereocenters. The predicted molar refractivity (Wildman–Crippen MR) is 82.2 cm³/mol. The Morgan fingerprint density at radius 2 is 1.95 bits per heavy atom. The fourth-order valence-electron chi connectivity index (χ4n) is 2.02. The molecule has 0 spiro atoms. The quantitative estimate of drug-likeness (QED) is 0.857. The van der Waals surface area contributed by atoms with Gasteiger partial charge in [0.15, 0.2) is 0 Å². The van der Waals surface area contributed by atoms with Crippen LogP contribution in [0.15, 0.2) is 30.3 Å². The number of aromatic nitrogens is 3. The van der Waals surface area contributed by atoms with Gasteiger partial charge in [-0.2, -0.15) is 0 Å². The molecule has 5 heteroatoms. The maximum Gasteiger partial charge on any atom is 0.291 e. The minimum absolute atomic E-state index is 0.0821. The first-order valence-corrected chi connectivity index (χ1v) is 7.33. The number of nitrogens with zero attached hydrogens (tertiary/aromatic N) is 2. The van der Waals surface area contributed by atoms with E-state index < -0.39 is 0 Å². The summed E-state index contributed by atoms with van der Waals surface area (Å²) in [5.74, 6) is 0.954. The first-order chi connectivity index (χ1) is 10.1. The van der Waals surface area contributed by atoms with Crippen molar-refractivity contribution >= 4 is 5.91 Å². The van der Waals surface area contributed by atoms with E-state index in [2.05, 4.69) is 32.6 Å². The molecule has 5 nitrogen and oxygen atoms in total. The largest absolute Gasteiger partial charge is 0.347 e. The van der Waals surface area contributed by atoms with E-state index in [0.29, 0.717) is 0 Å². The first kappa shape index (κ1) is 15.2. The highest BCUT2D eigenvalue weighted by Crippen LogP contribution is 2.08. The third kappa shape index (κ3) is 4.41. The van der Waals surface area contributed by atoms with Gasteiger partial charge in [-0.15, -0.1) is 5.10 Å². The summed E-state index contributed by atoms with van der Waals surface area (Å²) in [5, 5.41) is 9.69. The molecular formula is C16H22N4O. The molecule has 1 amide bonds. The lowest BCUT2D eigenvalue weighted by Gasteiger charge is -2.12. The number of benzene rings is 1. The molecule has 112 valence electrons. The van der Waals surface area contributed by atoms with Crippen LogP contribution in [0.4, 0.5) is 0 Å². The molecule has 2 aromatic rings. The number of H-pyrrole nitrogens is 1. The van der Waals surface area contributed by atoms with Crippen molar-refractivity contribution in [1.82, 2.24) is 20.5 Å². The molecule has 0 aliphatic heterocycles. The Morgan fingerprint density at radius 3 is 2.57 bits per heavy atom. The van der Waals surface area contributed by atoms with Crippen molar-refractivity contribution < 1.29 is 4.79 Å². The van der Waals surface area contributed by atoms with Crippen molar-refractivity contribution in [2.75, 3.05) is 0 Å². The minimum atomic E-state index is -0.223. The van der Waals surface area contributed by atoms with Crippen LogP contribution in [-0.2, 0) is 6.42 Å². The number of amides is 1. The number of carbonyl (C=O) groups excluding carboxylic acids is 1. The van der Waals surface area contributed by atoms with Gasteiger partial charge in [0.2, 0.25) is 5.82 Å². The standard InChI is InChI=1S/C16H22N4O/c1-11(2)14-18-15(20-19-14)16(21)17-12(3)9-10-13-7-5-4-6-8-13/h4-8,11-12H,9-10H2,1-3H3,(H,17,21)(H,18,19,20). The van der Waals surface area contributed by atoms with Gasteiger partial charge in [0.05, 0.1) is 0 Å². The molecular weight excluding hydrogens is 264 g/mol. The van der Waals surface area contributed by atoms with Crippen LogP contribution in [0.5, 0.6) is 0 Å². The number of carbonyl (C=O) groups is 1. The van der Waals surface area contributed by atoms with Crippen LogP contribution < -0.4 is 5.32 Å². The normalized spacial score (nSPS) is 12.4. The molecule has 1 aromatic carbocycles. The van der Waals surface area contributed by atoms with E-state index in [9.17, 15) is 4.79 Å². The van der Waals surface area contributed by atoms with E-state index in [1.807, 2.05) is 39.0 Å². The summed E-state index contributed by atoms with van der Waals surface area (Å²) < 4.78 is 0. The molecule has 0 bridgehead atoms. The Kier molecular flexibility index (Phi) is 5.09. The van der Waals surface area contributed by atoms with E-state index in [1.165, 1.54) is 5.56 Å². The average Bonchev–Trinajstić information content (AvgIpc) is 2.96. The van der Waals surface area contributed by atoms with Crippen LogP contribution in [-0.4, -0.2) is 27.1 Å². The van der Waals surface area contributed by atoms with Crippen molar-refractivity contribution in [3.05, 3.63) is 47.5 Å². The molecule has 1 atom stereocenters. The topological polar surface area (TPSA) is 70.7 Å². The summed E-state index contributed by atoms with van der Waals surface area (Å²) in [6.45, 7) is 6.01. The van der Waals surface area contributed by atoms with Crippen LogP contribution in [0, 0.1) is 0 Å². The summed E-state index contributed by atoms with van der Waals surface area (Å²) in [7, 11) is 0. The van der Waals surface area contributed by atoms with Crippen LogP contribution in [0.2, 0.25) is 0 Å². The van der Waals surface area contributed by atoms with Crippen LogP contribution in [0.25, 0.3) is 0 Å². The molecule has 0 radical (unpaired) electrons.